The third kappa shape index (κ3) is 1.57. The lowest BCUT2D eigenvalue weighted by Gasteiger charge is -2.25. The summed E-state index contributed by atoms with van der Waals surface area (Å²) in [5, 5.41) is 0. The molecule has 2 heterocycles. The smallest absolute Gasteiger partial charge is 0.174 e. The number of aromatic nitrogens is 1. The van der Waals surface area contributed by atoms with Gasteiger partial charge in [-0.15, -0.1) is 0 Å². The lowest BCUT2D eigenvalue weighted by atomic mass is 10.3. The van der Waals surface area contributed by atoms with Crippen LogP contribution in [0, 0.1) is 12.0 Å². The zero-order chi connectivity index (χ0) is 9.97. The van der Waals surface area contributed by atoms with Crippen LogP contribution in [-0.4, -0.2) is 24.9 Å². The average molecular weight is 195 g/mol. The number of nitrogens with zero attached hydrogens (tertiary/aromatic N) is 2. The van der Waals surface area contributed by atoms with Crippen LogP contribution in [0.25, 0.3) is 0 Å². The molecule has 1 aliphatic rings. The van der Waals surface area contributed by atoms with Crippen LogP contribution in [0.2, 0.25) is 0 Å². The lowest BCUT2D eigenvalue weighted by molar-refractivity contribution is 0.111. The van der Waals surface area contributed by atoms with Gasteiger partial charge in [0, 0.05) is 19.9 Å². The topological polar surface area (TPSA) is 25.4 Å². The van der Waals surface area contributed by atoms with Crippen LogP contribution in [0.4, 0.5) is 10.1 Å². The van der Waals surface area contributed by atoms with Gasteiger partial charge in [0.2, 0.25) is 0 Å². The van der Waals surface area contributed by atoms with Crippen LogP contribution >= 0.6 is 0 Å². The number of ether oxygens (including phenoxy) is 1. The molecule has 1 aliphatic heterocycles. The highest BCUT2D eigenvalue weighted by atomic mass is 19.1. The summed E-state index contributed by atoms with van der Waals surface area (Å²) in [6.45, 7) is 0.827. The van der Waals surface area contributed by atoms with Gasteiger partial charge in [-0.05, 0) is 18.9 Å². The summed E-state index contributed by atoms with van der Waals surface area (Å²) in [5.74, 6) is -0.406. The van der Waals surface area contributed by atoms with Crippen LogP contribution in [0.5, 0.6) is 0 Å². The summed E-state index contributed by atoms with van der Waals surface area (Å²) >= 11 is 0. The van der Waals surface area contributed by atoms with E-state index in [0.717, 1.165) is 19.4 Å². The molecule has 1 aromatic rings. The van der Waals surface area contributed by atoms with Crippen LogP contribution in [0.3, 0.4) is 0 Å². The summed E-state index contributed by atoms with van der Waals surface area (Å²) in [7, 11) is 1.64. The Morgan fingerprint density at radius 2 is 2.57 bits per heavy atom. The van der Waals surface area contributed by atoms with Crippen LogP contribution < -0.4 is 4.90 Å². The van der Waals surface area contributed by atoms with E-state index in [-0.39, 0.29) is 6.23 Å². The largest absolute Gasteiger partial charge is 0.362 e. The molecule has 4 heteroatoms. The van der Waals surface area contributed by atoms with Gasteiger partial charge >= 0.3 is 0 Å². The van der Waals surface area contributed by atoms with Gasteiger partial charge in [0.05, 0.1) is 5.69 Å². The standard InChI is InChI=1S/C10H12FN2O/c1-14-10-3-2-6-13(10)9-4-5-12-7-8(9)11/h4-5,10H,2-3,6H2,1H3. The van der Waals surface area contributed by atoms with E-state index in [1.165, 1.54) is 0 Å². The Kier molecular flexibility index (Phi) is 2.63. The fourth-order valence-electron chi connectivity index (χ4n) is 1.81. The van der Waals surface area contributed by atoms with E-state index in [4.69, 9.17) is 4.74 Å². The first-order valence-corrected chi connectivity index (χ1v) is 4.64. The van der Waals surface area contributed by atoms with E-state index < -0.39 is 5.82 Å². The van der Waals surface area contributed by atoms with Gasteiger partial charge in [0.1, 0.15) is 12.4 Å². The number of rotatable bonds is 2. The highest BCUT2D eigenvalue weighted by Crippen LogP contribution is 2.27. The van der Waals surface area contributed by atoms with Gasteiger partial charge in [0.25, 0.3) is 0 Å². The number of hydrogen-bond acceptors (Lipinski definition) is 3. The minimum absolute atomic E-state index is 0.0136. The Hall–Kier alpha value is -1.16. The minimum atomic E-state index is -0.406. The molecule has 2 rings (SSSR count). The van der Waals surface area contributed by atoms with Crippen molar-refractivity contribution in [1.82, 2.24) is 4.98 Å². The molecule has 1 fully saturated rings. The number of anilines is 1. The Morgan fingerprint density at radius 1 is 1.71 bits per heavy atom. The molecular formula is C10H12FN2O. The molecular weight excluding hydrogens is 183 g/mol. The fourth-order valence-corrected chi connectivity index (χ4v) is 1.81. The summed E-state index contributed by atoms with van der Waals surface area (Å²) in [5.41, 5.74) is 0.532. The fraction of sp³-hybridized carbons (Fsp3) is 0.500. The third-order valence-corrected chi connectivity index (χ3v) is 2.47. The van der Waals surface area contributed by atoms with Crippen molar-refractivity contribution >= 4 is 5.69 Å². The molecule has 1 unspecified atom stereocenters. The first-order valence-electron chi connectivity index (χ1n) is 4.64. The molecule has 0 saturated carbocycles. The van der Waals surface area contributed by atoms with Crippen molar-refractivity contribution in [2.24, 2.45) is 0 Å². The molecule has 75 valence electrons. The predicted octanol–water partition coefficient (Wildman–Crippen LogP) is 1.59. The first-order chi connectivity index (χ1) is 6.83. The average Bonchev–Trinajstić information content (AvgIpc) is 2.66. The van der Waals surface area contributed by atoms with Crippen molar-refractivity contribution < 1.29 is 9.13 Å². The molecule has 1 atom stereocenters. The van der Waals surface area contributed by atoms with Gasteiger partial charge in [-0.3, -0.25) is 4.98 Å². The monoisotopic (exact) mass is 195 g/mol. The molecule has 0 spiro atoms. The number of hydrogen-bond donors (Lipinski definition) is 0. The van der Waals surface area contributed by atoms with Crippen molar-refractivity contribution in [3.05, 3.63) is 24.3 Å². The van der Waals surface area contributed by atoms with E-state index in [2.05, 4.69) is 11.2 Å². The maximum Gasteiger partial charge on any atom is 0.174 e. The highest BCUT2D eigenvalue weighted by molar-refractivity contribution is 5.47. The molecule has 1 aromatic heterocycles. The maximum atomic E-state index is 13.3. The van der Waals surface area contributed by atoms with E-state index in [1.807, 2.05) is 4.90 Å². The van der Waals surface area contributed by atoms with Gasteiger partial charge < -0.3 is 9.64 Å². The first kappa shape index (κ1) is 9.40. The lowest BCUT2D eigenvalue weighted by Crippen LogP contribution is -2.31. The number of halogens is 1. The maximum absolute atomic E-state index is 13.3. The molecule has 0 aromatic carbocycles. The van der Waals surface area contributed by atoms with E-state index in [1.54, 1.807) is 19.4 Å². The molecule has 1 radical (unpaired) electrons. The van der Waals surface area contributed by atoms with Gasteiger partial charge in [0.15, 0.2) is 5.82 Å². The molecule has 0 aliphatic carbocycles. The molecule has 3 nitrogen and oxygen atoms in total. The third-order valence-electron chi connectivity index (χ3n) is 2.47. The predicted molar refractivity (Wildman–Crippen MR) is 50.4 cm³/mol. The van der Waals surface area contributed by atoms with Crippen molar-refractivity contribution in [3.8, 4) is 0 Å². The second-order valence-electron chi connectivity index (χ2n) is 3.28. The summed E-state index contributed by atoms with van der Waals surface area (Å²) in [4.78, 5) is 5.51. The van der Waals surface area contributed by atoms with Crippen LogP contribution in [0.1, 0.15) is 12.8 Å². The zero-order valence-electron chi connectivity index (χ0n) is 8.03. The SMILES string of the molecule is COC1CCCN1c1ccn[c]c1F. The van der Waals surface area contributed by atoms with Gasteiger partial charge in [-0.25, -0.2) is 4.39 Å². The van der Waals surface area contributed by atoms with Crippen molar-refractivity contribution in [1.29, 1.82) is 0 Å². The van der Waals surface area contributed by atoms with Crippen molar-refractivity contribution in [2.45, 2.75) is 19.1 Å². The van der Waals surface area contributed by atoms with Crippen LogP contribution in [-0.2, 0) is 4.74 Å². The number of methoxy groups -OCH3 is 1. The van der Waals surface area contributed by atoms with E-state index >= 15 is 0 Å². The van der Waals surface area contributed by atoms with Crippen molar-refractivity contribution in [3.63, 3.8) is 0 Å². The molecule has 1 saturated heterocycles. The summed E-state index contributed by atoms with van der Waals surface area (Å²) < 4.78 is 18.6. The Balaban J connectivity index is 2.26. The van der Waals surface area contributed by atoms with Gasteiger partial charge in [-0.2, -0.15) is 0 Å². The molecule has 0 bridgehead atoms. The Bertz CT molecular complexity index is 319. The Labute approximate surface area is 82.5 Å². The minimum Gasteiger partial charge on any atom is -0.362 e. The number of pyridine rings is 1. The molecule has 0 N–H and O–H groups in total. The zero-order valence-corrected chi connectivity index (χ0v) is 8.03. The Morgan fingerprint density at radius 3 is 3.29 bits per heavy atom. The van der Waals surface area contributed by atoms with Crippen molar-refractivity contribution in [2.75, 3.05) is 18.6 Å². The molecule has 14 heavy (non-hydrogen) atoms. The van der Waals surface area contributed by atoms with Crippen LogP contribution in [0.15, 0.2) is 12.3 Å². The van der Waals surface area contributed by atoms with Gasteiger partial charge in [-0.1, -0.05) is 0 Å². The van der Waals surface area contributed by atoms with E-state index in [9.17, 15) is 4.39 Å². The summed E-state index contributed by atoms with van der Waals surface area (Å²) in [6, 6.07) is 1.66. The summed E-state index contributed by atoms with van der Waals surface area (Å²) in [6.07, 6.45) is 5.81. The second kappa shape index (κ2) is 3.92. The van der Waals surface area contributed by atoms with E-state index in [0.29, 0.717) is 5.69 Å². The second-order valence-corrected chi connectivity index (χ2v) is 3.28. The normalized spacial score (nSPS) is 21.6. The molecule has 0 amide bonds. The quantitative estimate of drug-likeness (QED) is 0.716. The highest BCUT2D eigenvalue weighted by Gasteiger charge is 2.26.